The smallest absolute Gasteiger partial charge is 0.118 e. The zero-order chi connectivity index (χ0) is 15.8. The Morgan fingerprint density at radius 3 is 2.14 bits per heavy atom. The summed E-state index contributed by atoms with van der Waals surface area (Å²) in [5, 5.41) is 21.8. The Labute approximate surface area is 131 Å². The Morgan fingerprint density at radius 2 is 1.59 bits per heavy atom. The van der Waals surface area contributed by atoms with Crippen molar-refractivity contribution in [3.63, 3.8) is 0 Å². The first-order chi connectivity index (χ1) is 10.8. The molecule has 0 saturated heterocycles. The predicted octanol–water partition coefficient (Wildman–Crippen LogP) is 2.40. The molecule has 0 heterocycles. The van der Waals surface area contributed by atoms with Crippen molar-refractivity contribution >= 4 is 0 Å². The van der Waals surface area contributed by atoms with Gasteiger partial charge in [0.1, 0.15) is 5.75 Å². The molecule has 3 N–H and O–H groups in total. The molecule has 0 aromatic heterocycles. The van der Waals surface area contributed by atoms with Gasteiger partial charge in [-0.1, -0.05) is 36.4 Å². The van der Waals surface area contributed by atoms with Gasteiger partial charge in [-0.3, -0.25) is 0 Å². The van der Waals surface area contributed by atoms with E-state index in [4.69, 9.17) is 9.84 Å². The van der Waals surface area contributed by atoms with Crippen molar-refractivity contribution in [2.75, 3.05) is 13.7 Å². The fraction of sp³-hybridized carbons (Fsp3) is 0.333. The van der Waals surface area contributed by atoms with Gasteiger partial charge < -0.3 is 20.3 Å². The summed E-state index contributed by atoms with van der Waals surface area (Å²) in [4.78, 5) is 0. The third-order valence-electron chi connectivity index (χ3n) is 3.69. The average Bonchev–Trinajstić information content (AvgIpc) is 2.59. The first kappa shape index (κ1) is 16.5. The predicted molar refractivity (Wildman–Crippen MR) is 86.6 cm³/mol. The lowest BCUT2D eigenvalue weighted by molar-refractivity contribution is 0.265. The second-order valence-corrected chi connectivity index (χ2v) is 5.19. The summed E-state index contributed by atoms with van der Waals surface area (Å²) in [5.74, 6) is 0.825. The quantitative estimate of drug-likeness (QED) is 0.700. The van der Waals surface area contributed by atoms with Gasteiger partial charge in [0.25, 0.3) is 0 Å². The minimum atomic E-state index is 0.0622. The van der Waals surface area contributed by atoms with E-state index in [2.05, 4.69) is 5.32 Å². The van der Waals surface area contributed by atoms with Crippen molar-refractivity contribution in [2.24, 2.45) is 0 Å². The van der Waals surface area contributed by atoms with Crippen molar-refractivity contribution < 1.29 is 14.9 Å². The van der Waals surface area contributed by atoms with Crippen LogP contribution >= 0.6 is 0 Å². The monoisotopic (exact) mass is 301 g/mol. The van der Waals surface area contributed by atoms with Gasteiger partial charge >= 0.3 is 0 Å². The van der Waals surface area contributed by atoms with E-state index in [1.54, 1.807) is 7.11 Å². The fourth-order valence-corrected chi connectivity index (χ4v) is 2.36. The summed E-state index contributed by atoms with van der Waals surface area (Å²) in [6, 6.07) is 15.8. The molecule has 0 aliphatic heterocycles. The molecule has 0 radical (unpaired) electrons. The van der Waals surface area contributed by atoms with Crippen LogP contribution in [0.1, 0.15) is 29.2 Å². The van der Waals surface area contributed by atoms with E-state index in [0.717, 1.165) is 22.4 Å². The first-order valence-electron chi connectivity index (χ1n) is 7.43. The highest BCUT2D eigenvalue weighted by atomic mass is 16.5. The van der Waals surface area contributed by atoms with Crippen molar-refractivity contribution in [3.8, 4) is 5.75 Å². The molecule has 0 aliphatic carbocycles. The van der Waals surface area contributed by atoms with Gasteiger partial charge in [-0.2, -0.15) is 0 Å². The van der Waals surface area contributed by atoms with Crippen LogP contribution in [0.5, 0.6) is 5.75 Å². The van der Waals surface area contributed by atoms with Crippen LogP contribution in [0, 0.1) is 0 Å². The Balaban J connectivity index is 2.00. The normalized spacial score (nSPS) is 12.1. The maximum absolute atomic E-state index is 9.27. The Kier molecular flexibility index (Phi) is 6.40. The Bertz CT molecular complexity index is 552. The summed E-state index contributed by atoms with van der Waals surface area (Å²) in [6.45, 7) is 0.905. The standard InChI is InChI=1S/C18H23NO3/c1-22-17-8-6-16(7-9-17)18(10-11-20)19-12-14-2-4-15(13-21)5-3-14/h2-9,18-21H,10-13H2,1H3. The third kappa shape index (κ3) is 4.56. The molecule has 2 aromatic carbocycles. The Morgan fingerprint density at radius 1 is 0.955 bits per heavy atom. The van der Waals surface area contributed by atoms with Gasteiger partial charge in [0.05, 0.1) is 13.7 Å². The highest BCUT2D eigenvalue weighted by Gasteiger charge is 2.10. The molecule has 22 heavy (non-hydrogen) atoms. The van der Waals surface area contributed by atoms with E-state index in [1.807, 2.05) is 48.5 Å². The van der Waals surface area contributed by atoms with Gasteiger partial charge in [-0.15, -0.1) is 0 Å². The first-order valence-corrected chi connectivity index (χ1v) is 7.43. The van der Waals surface area contributed by atoms with Crippen molar-refractivity contribution in [3.05, 3.63) is 65.2 Å². The number of nitrogens with one attached hydrogen (secondary N) is 1. The number of hydrogen-bond acceptors (Lipinski definition) is 4. The fourth-order valence-electron chi connectivity index (χ4n) is 2.36. The topological polar surface area (TPSA) is 61.7 Å². The van der Waals surface area contributed by atoms with E-state index in [1.165, 1.54) is 0 Å². The largest absolute Gasteiger partial charge is 0.497 e. The zero-order valence-electron chi connectivity index (χ0n) is 12.8. The van der Waals surface area contributed by atoms with Crippen molar-refractivity contribution in [1.29, 1.82) is 0 Å². The van der Waals surface area contributed by atoms with Crippen LogP contribution in [0.2, 0.25) is 0 Å². The number of ether oxygens (including phenoxy) is 1. The number of benzene rings is 2. The molecule has 0 fully saturated rings. The lowest BCUT2D eigenvalue weighted by Gasteiger charge is -2.19. The highest BCUT2D eigenvalue weighted by Crippen LogP contribution is 2.20. The molecular weight excluding hydrogens is 278 g/mol. The third-order valence-corrected chi connectivity index (χ3v) is 3.69. The summed E-state index contributed by atoms with van der Waals surface area (Å²) >= 11 is 0. The molecule has 118 valence electrons. The molecular formula is C18H23NO3. The highest BCUT2D eigenvalue weighted by molar-refractivity contribution is 5.29. The Hall–Kier alpha value is -1.88. The van der Waals surface area contributed by atoms with Gasteiger partial charge in [0, 0.05) is 19.2 Å². The van der Waals surface area contributed by atoms with Crippen LogP contribution in [-0.2, 0) is 13.2 Å². The van der Waals surface area contributed by atoms with E-state index in [0.29, 0.717) is 13.0 Å². The lowest BCUT2D eigenvalue weighted by atomic mass is 10.0. The number of aliphatic hydroxyl groups is 2. The maximum atomic E-state index is 9.27. The average molecular weight is 301 g/mol. The molecule has 4 heteroatoms. The maximum Gasteiger partial charge on any atom is 0.118 e. The van der Waals surface area contributed by atoms with Crippen molar-refractivity contribution in [2.45, 2.75) is 25.6 Å². The van der Waals surface area contributed by atoms with Crippen LogP contribution in [0.3, 0.4) is 0 Å². The van der Waals surface area contributed by atoms with Crippen molar-refractivity contribution in [1.82, 2.24) is 5.32 Å². The van der Waals surface area contributed by atoms with E-state index in [9.17, 15) is 5.11 Å². The summed E-state index contributed by atoms with van der Waals surface area (Å²) in [5.41, 5.74) is 3.18. The molecule has 0 aliphatic rings. The molecule has 0 bridgehead atoms. The molecule has 1 unspecified atom stereocenters. The second-order valence-electron chi connectivity index (χ2n) is 5.19. The van der Waals surface area contributed by atoms with Gasteiger partial charge in [-0.25, -0.2) is 0 Å². The van der Waals surface area contributed by atoms with Gasteiger partial charge in [-0.05, 0) is 35.2 Å². The van der Waals surface area contributed by atoms with Crippen LogP contribution in [-0.4, -0.2) is 23.9 Å². The van der Waals surface area contributed by atoms with E-state index in [-0.39, 0.29) is 19.3 Å². The summed E-state index contributed by atoms with van der Waals surface area (Å²) < 4.78 is 5.17. The molecule has 2 aromatic rings. The number of hydrogen-bond donors (Lipinski definition) is 3. The number of aliphatic hydroxyl groups excluding tert-OH is 2. The molecule has 4 nitrogen and oxygen atoms in total. The van der Waals surface area contributed by atoms with Gasteiger partial charge in [0.15, 0.2) is 0 Å². The number of rotatable bonds is 8. The number of methoxy groups -OCH3 is 1. The van der Waals surface area contributed by atoms with Crippen LogP contribution in [0.15, 0.2) is 48.5 Å². The summed E-state index contributed by atoms with van der Waals surface area (Å²) in [7, 11) is 1.65. The lowest BCUT2D eigenvalue weighted by Crippen LogP contribution is -2.22. The molecule has 0 saturated carbocycles. The van der Waals surface area contributed by atoms with E-state index >= 15 is 0 Å². The zero-order valence-corrected chi connectivity index (χ0v) is 12.8. The summed E-state index contributed by atoms with van der Waals surface area (Å²) in [6.07, 6.45) is 0.654. The van der Waals surface area contributed by atoms with Gasteiger partial charge in [0.2, 0.25) is 0 Å². The van der Waals surface area contributed by atoms with Crippen LogP contribution < -0.4 is 10.1 Å². The van der Waals surface area contributed by atoms with Crippen LogP contribution in [0.4, 0.5) is 0 Å². The molecule has 0 spiro atoms. The molecule has 0 amide bonds. The SMILES string of the molecule is COc1ccc(C(CCO)NCc2ccc(CO)cc2)cc1. The molecule has 2 rings (SSSR count). The minimum Gasteiger partial charge on any atom is -0.497 e. The minimum absolute atomic E-state index is 0.0622. The van der Waals surface area contributed by atoms with E-state index < -0.39 is 0 Å². The van der Waals surface area contributed by atoms with Crippen LogP contribution in [0.25, 0.3) is 0 Å². The second kappa shape index (κ2) is 8.54. The molecule has 1 atom stereocenters.